The topological polar surface area (TPSA) is 35.5 Å². The zero-order chi connectivity index (χ0) is 13.2. The molecule has 1 aliphatic carbocycles. The Hall–Kier alpha value is -1.06. The van der Waals surface area contributed by atoms with Crippen molar-refractivity contribution in [3.63, 3.8) is 0 Å². The fourth-order valence-electron chi connectivity index (χ4n) is 3.38. The van der Waals surface area contributed by atoms with Gasteiger partial charge in [0, 0.05) is 37.8 Å². The van der Waals surface area contributed by atoms with Crippen molar-refractivity contribution in [3.8, 4) is 5.75 Å². The molecular formula is C16H24N2O. The van der Waals surface area contributed by atoms with Crippen LogP contribution in [0.3, 0.4) is 0 Å². The van der Waals surface area contributed by atoms with E-state index in [1.54, 1.807) is 0 Å². The maximum absolute atomic E-state index is 10.3. The summed E-state index contributed by atoms with van der Waals surface area (Å²) in [5, 5.41) is 13.7. The Morgan fingerprint density at radius 3 is 2.63 bits per heavy atom. The lowest BCUT2D eigenvalue weighted by atomic mass is 9.76. The number of phenolic OH excluding ortho intramolecular Hbond substituents is 1. The highest BCUT2D eigenvalue weighted by Gasteiger charge is 2.34. The maximum Gasteiger partial charge on any atom is 0.120 e. The summed E-state index contributed by atoms with van der Waals surface area (Å²) >= 11 is 0. The zero-order valence-corrected chi connectivity index (χ0v) is 11.7. The predicted octanol–water partition coefficient (Wildman–Crippen LogP) is 2.45. The molecule has 0 radical (unpaired) electrons. The van der Waals surface area contributed by atoms with Gasteiger partial charge in [-0.3, -0.25) is 4.90 Å². The van der Waals surface area contributed by atoms with Gasteiger partial charge < -0.3 is 10.4 Å². The lowest BCUT2D eigenvalue weighted by Gasteiger charge is -2.43. The summed E-state index contributed by atoms with van der Waals surface area (Å²) in [6, 6.07) is 6.45. The number of nitrogens with one attached hydrogen (secondary N) is 1. The monoisotopic (exact) mass is 260 g/mol. The molecule has 0 aromatic heterocycles. The summed E-state index contributed by atoms with van der Waals surface area (Å²) in [6.45, 7) is 6.42. The van der Waals surface area contributed by atoms with Gasteiger partial charge in [-0.25, -0.2) is 0 Å². The van der Waals surface area contributed by atoms with Gasteiger partial charge in [0.05, 0.1) is 0 Å². The number of aryl methyl sites for hydroxylation is 1. The van der Waals surface area contributed by atoms with Gasteiger partial charge in [0.15, 0.2) is 0 Å². The van der Waals surface area contributed by atoms with E-state index in [-0.39, 0.29) is 0 Å². The van der Waals surface area contributed by atoms with Crippen molar-refractivity contribution in [2.45, 2.75) is 32.2 Å². The van der Waals surface area contributed by atoms with Crippen molar-refractivity contribution >= 4 is 0 Å². The van der Waals surface area contributed by atoms with Crippen LogP contribution in [0.4, 0.5) is 0 Å². The molecule has 1 saturated carbocycles. The highest BCUT2D eigenvalue weighted by atomic mass is 16.3. The van der Waals surface area contributed by atoms with Crippen LogP contribution in [0, 0.1) is 12.8 Å². The number of hydrogen-bond acceptors (Lipinski definition) is 3. The molecule has 19 heavy (non-hydrogen) atoms. The van der Waals surface area contributed by atoms with Crippen LogP contribution in [0.15, 0.2) is 18.2 Å². The second-order valence-electron chi connectivity index (χ2n) is 5.98. The van der Waals surface area contributed by atoms with Crippen molar-refractivity contribution in [1.82, 2.24) is 10.2 Å². The Morgan fingerprint density at radius 1 is 1.26 bits per heavy atom. The number of aromatic hydroxyl groups is 1. The Labute approximate surface area is 115 Å². The maximum atomic E-state index is 10.3. The van der Waals surface area contributed by atoms with E-state index in [1.807, 2.05) is 12.1 Å². The number of phenols is 1. The Balaban J connectivity index is 1.90. The number of nitrogens with zero attached hydrogens (tertiary/aromatic N) is 1. The van der Waals surface area contributed by atoms with E-state index < -0.39 is 0 Å². The van der Waals surface area contributed by atoms with Crippen molar-refractivity contribution in [1.29, 1.82) is 0 Å². The van der Waals surface area contributed by atoms with Gasteiger partial charge in [-0.15, -0.1) is 0 Å². The van der Waals surface area contributed by atoms with Crippen molar-refractivity contribution < 1.29 is 5.11 Å². The van der Waals surface area contributed by atoms with Crippen LogP contribution in [0.5, 0.6) is 5.75 Å². The van der Waals surface area contributed by atoms with Crippen LogP contribution < -0.4 is 5.32 Å². The van der Waals surface area contributed by atoms with E-state index in [0.717, 1.165) is 37.7 Å². The van der Waals surface area contributed by atoms with Gasteiger partial charge in [-0.05, 0) is 31.7 Å². The van der Waals surface area contributed by atoms with Crippen LogP contribution >= 0.6 is 0 Å². The third-order valence-corrected chi connectivity index (χ3v) is 4.64. The molecule has 1 aliphatic heterocycles. The lowest BCUT2D eigenvalue weighted by molar-refractivity contribution is 0.0819. The van der Waals surface area contributed by atoms with Crippen LogP contribution in [0.25, 0.3) is 0 Å². The van der Waals surface area contributed by atoms with Gasteiger partial charge in [-0.2, -0.15) is 0 Å². The molecule has 1 aromatic carbocycles. The van der Waals surface area contributed by atoms with E-state index in [0.29, 0.717) is 11.8 Å². The van der Waals surface area contributed by atoms with Gasteiger partial charge in [0.1, 0.15) is 5.75 Å². The Morgan fingerprint density at radius 2 is 2.00 bits per heavy atom. The molecule has 104 valence electrons. The van der Waals surface area contributed by atoms with E-state index in [2.05, 4.69) is 23.2 Å². The van der Waals surface area contributed by atoms with Crippen LogP contribution in [-0.4, -0.2) is 36.2 Å². The molecule has 3 rings (SSSR count). The number of benzene rings is 1. The van der Waals surface area contributed by atoms with Gasteiger partial charge >= 0.3 is 0 Å². The minimum Gasteiger partial charge on any atom is -0.508 e. The fourth-order valence-corrected chi connectivity index (χ4v) is 3.38. The van der Waals surface area contributed by atoms with Gasteiger partial charge in [0.25, 0.3) is 0 Å². The van der Waals surface area contributed by atoms with Crippen molar-refractivity contribution in [2.24, 2.45) is 5.92 Å². The van der Waals surface area contributed by atoms with Crippen LogP contribution in [-0.2, 0) is 0 Å². The molecule has 1 aromatic rings. The first-order valence-corrected chi connectivity index (χ1v) is 7.50. The molecular weight excluding hydrogens is 236 g/mol. The summed E-state index contributed by atoms with van der Waals surface area (Å²) in [7, 11) is 0. The van der Waals surface area contributed by atoms with E-state index in [9.17, 15) is 5.11 Å². The van der Waals surface area contributed by atoms with E-state index in [1.165, 1.54) is 24.8 Å². The highest BCUT2D eigenvalue weighted by Crippen LogP contribution is 2.44. The molecule has 0 amide bonds. The summed E-state index contributed by atoms with van der Waals surface area (Å²) in [4.78, 5) is 2.56. The summed E-state index contributed by atoms with van der Waals surface area (Å²) in [6.07, 6.45) is 3.96. The smallest absolute Gasteiger partial charge is 0.120 e. The molecule has 1 heterocycles. The average Bonchev–Trinajstić information content (AvgIpc) is 2.38. The molecule has 3 heteroatoms. The first-order valence-electron chi connectivity index (χ1n) is 7.50. The Bertz CT molecular complexity index is 436. The number of piperazine rings is 1. The summed E-state index contributed by atoms with van der Waals surface area (Å²) < 4.78 is 0. The third kappa shape index (κ3) is 2.63. The van der Waals surface area contributed by atoms with Crippen LogP contribution in [0.2, 0.25) is 0 Å². The second kappa shape index (κ2) is 5.51. The minimum absolute atomic E-state index is 0.413. The normalized spacial score (nSPS) is 23.0. The molecule has 2 aliphatic rings. The molecule has 0 unspecified atom stereocenters. The number of hydrogen-bond donors (Lipinski definition) is 2. The summed E-state index contributed by atoms with van der Waals surface area (Å²) in [5.74, 6) is 1.20. The highest BCUT2D eigenvalue weighted by molar-refractivity contribution is 5.38. The first kappa shape index (κ1) is 12.9. The predicted molar refractivity (Wildman–Crippen MR) is 77.4 cm³/mol. The third-order valence-electron chi connectivity index (χ3n) is 4.64. The fraction of sp³-hybridized carbons (Fsp3) is 0.625. The second-order valence-corrected chi connectivity index (χ2v) is 5.98. The SMILES string of the molecule is Cc1ccc(O)c([C@@H](C2CCC2)N2CCNCC2)c1. The van der Waals surface area contributed by atoms with Gasteiger partial charge in [-0.1, -0.05) is 24.1 Å². The average molecular weight is 260 g/mol. The van der Waals surface area contributed by atoms with Crippen molar-refractivity contribution in [2.75, 3.05) is 26.2 Å². The van der Waals surface area contributed by atoms with Gasteiger partial charge in [0.2, 0.25) is 0 Å². The number of rotatable bonds is 3. The minimum atomic E-state index is 0.413. The summed E-state index contributed by atoms with van der Waals surface area (Å²) in [5.41, 5.74) is 2.39. The lowest BCUT2D eigenvalue weighted by Crippen LogP contribution is -2.47. The van der Waals surface area contributed by atoms with Crippen molar-refractivity contribution in [3.05, 3.63) is 29.3 Å². The van der Waals surface area contributed by atoms with E-state index >= 15 is 0 Å². The molecule has 1 saturated heterocycles. The van der Waals surface area contributed by atoms with Crippen LogP contribution in [0.1, 0.15) is 36.4 Å². The zero-order valence-electron chi connectivity index (χ0n) is 11.7. The quantitative estimate of drug-likeness (QED) is 0.876. The molecule has 0 bridgehead atoms. The Kier molecular flexibility index (Phi) is 3.76. The molecule has 1 atom stereocenters. The first-order chi connectivity index (χ1) is 9.25. The molecule has 2 fully saturated rings. The largest absolute Gasteiger partial charge is 0.508 e. The van der Waals surface area contributed by atoms with E-state index in [4.69, 9.17) is 0 Å². The standard InChI is InChI=1S/C16H24N2O/c1-12-5-6-15(19)14(11-12)16(13-3-2-4-13)18-9-7-17-8-10-18/h5-6,11,13,16-17,19H,2-4,7-10H2,1H3/t16-/m1/s1. The molecule has 0 spiro atoms. The molecule has 2 N–H and O–H groups in total. The molecule has 3 nitrogen and oxygen atoms in total.